The van der Waals surface area contributed by atoms with Gasteiger partial charge in [-0.3, -0.25) is 9.59 Å². The fraction of sp³-hybridized carbons (Fsp3) is 0.176. The average molecular weight is 281 g/mol. The van der Waals surface area contributed by atoms with Crippen LogP contribution in [-0.2, 0) is 6.42 Å². The normalized spacial score (nSPS) is 16.4. The SMILES string of the molecule is COc1ccc(C(=O)NC2Cc3ccccc3C2=O)cc1. The number of hydrogen-bond donors (Lipinski definition) is 1. The molecule has 0 radical (unpaired) electrons. The molecule has 0 fully saturated rings. The lowest BCUT2D eigenvalue weighted by atomic mass is 10.1. The Morgan fingerprint density at radius 3 is 2.52 bits per heavy atom. The number of rotatable bonds is 3. The van der Waals surface area contributed by atoms with Crippen molar-refractivity contribution in [2.24, 2.45) is 0 Å². The number of fused-ring (bicyclic) bond motifs is 1. The van der Waals surface area contributed by atoms with Gasteiger partial charge in [0.1, 0.15) is 5.75 Å². The Hall–Kier alpha value is -2.62. The Morgan fingerprint density at radius 2 is 1.86 bits per heavy atom. The molecule has 0 aliphatic heterocycles. The lowest BCUT2D eigenvalue weighted by Crippen LogP contribution is -2.39. The van der Waals surface area contributed by atoms with E-state index in [0.717, 1.165) is 5.56 Å². The van der Waals surface area contributed by atoms with Crippen LogP contribution in [0.3, 0.4) is 0 Å². The van der Waals surface area contributed by atoms with Crippen LogP contribution in [0.5, 0.6) is 5.75 Å². The number of hydrogen-bond acceptors (Lipinski definition) is 3. The molecule has 0 aromatic heterocycles. The highest BCUT2D eigenvalue weighted by atomic mass is 16.5. The monoisotopic (exact) mass is 281 g/mol. The third-order valence-corrected chi connectivity index (χ3v) is 3.68. The molecule has 2 aromatic carbocycles. The number of carbonyl (C=O) groups is 2. The van der Waals surface area contributed by atoms with Crippen molar-refractivity contribution >= 4 is 11.7 Å². The zero-order valence-corrected chi connectivity index (χ0v) is 11.6. The smallest absolute Gasteiger partial charge is 0.251 e. The summed E-state index contributed by atoms with van der Waals surface area (Å²) in [6.07, 6.45) is 0.552. The summed E-state index contributed by atoms with van der Waals surface area (Å²) < 4.78 is 5.06. The summed E-state index contributed by atoms with van der Waals surface area (Å²) >= 11 is 0. The third-order valence-electron chi connectivity index (χ3n) is 3.68. The second-order valence-corrected chi connectivity index (χ2v) is 4.98. The number of benzene rings is 2. The molecule has 0 saturated heterocycles. The molecule has 1 N–H and O–H groups in total. The van der Waals surface area contributed by atoms with Gasteiger partial charge in [0.15, 0.2) is 5.78 Å². The maximum Gasteiger partial charge on any atom is 0.251 e. The minimum absolute atomic E-state index is 0.0209. The molecule has 4 nitrogen and oxygen atoms in total. The highest BCUT2D eigenvalue weighted by molar-refractivity contribution is 6.07. The van der Waals surface area contributed by atoms with Crippen molar-refractivity contribution < 1.29 is 14.3 Å². The molecule has 0 bridgehead atoms. The van der Waals surface area contributed by atoms with Gasteiger partial charge in [0.2, 0.25) is 0 Å². The molecule has 1 unspecified atom stereocenters. The van der Waals surface area contributed by atoms with E-state index in [-0.39, 0.29) is 11.7 Å². The summed E-state index contributed by atoms with van der Waals surface area (Å²) in [6.45, 7) is 0. The van der Waals surface area contributed by atoms with Gasteiger partial charge in [-0.15, -0.1) is 0 Å². The molecule has 0 spiro atoms. The van der Waals surface area contributed by atoms with Crippen molar-refractivity contribution in [1.82, 2.24) is 5.32 Å². The summed E-state index contributed by atoms with van der Waals surface area (Å²) in [4.78, 5) is 24.4. The molecule has 1 aliphatic carbocycles. The lowest BCUT2D eigenvalue weighted by Gasteiger charge is -2.11. The summed E-state index contributed by atoms with van der Waals surface area (Å²) in [5.41, 5.74) is 2.21. The fourth-order valence-electron chi connectivity index (χ4n) is 2.54. The number of methoxy groups -OCH3 is 1. The predicted octanol–water partition coefficient (Wildman–Crippen LogP) is 2.23. The predicted molar refractivity (Wildman–Crippen MR) is 78.7 cm³/mol. The van der Waals surface area contributed by atoms with E-state index in [9.17, 15) is 9.59 Å². The van der Waals surface area contributed by atoms with Gasteiger partial charge in [0, 0.05) is 17.5 Å². The van der Waals surface area contributed by atoms with Crippen molar-refractivity contribution in [3.05, 3.63) is 65.2 Å². The van der Waals surface area contributed by atoms with Gasteiger partial charge in [-0.25, -0.2) is 0 Å². The summed E-state index contributed by atoms with van der Waals surface area (Å²) in [5, 5.41) is 2.80. The first kappa shape index (κ1) is 13.4. The Bertz CT molecular complexity index is 691. The van der Waals surface area contributed by atoms with E-state index in [1.165, 1.54) is 0 Å². The van der Waals surface area contributed by atoms with Gasteiger partial charge >= 0.3 is 0 Å². The van der Waals surface area contributed by atoms with E-state index in [1.807, 2.05) is 18.2 Å². The largest absolute Gasteiger partial charge is 0.497 e. The molecule has 1 amide bonds. The number of nitrogens with one attached hydrogen (secondary N) is 1. The summed E-state index contributed by atoms with van der Waals surface area (Å²) in [5.74, 6) is 0.423. The highest BCUT2D eigenvalue weighted by Gasteiger charge is 2.31. The molecule has 2 aromatic rings. The van der Waals surface area contributed by atoms with Crippen molar-refractivity contribution in [2.75, 3.05) is 7.11 Å². The Labute approximate surface area is 122 Å². The molecule has 106 valence electrons. The van der Waals surface area contributed by atoms with E-state index in [1.54, 1.807) is 37.4 Å². The first-order chi connectivity index (χ1) is 10.2. The third kappa shape index (κ3) is 2.52. The van der Waals surface area contributed by atoms with Gasteiger partial charge in [-0.05, 0) is 29.8 Å². The molecule has 3 rings (SSSR count). The number of ether oxygens (including phenoxy) is 1. The Morgan fingerprint density at radius 1 is 1.14 bits per heavy atom. The number of ketones is 1. The van der Waals surface area contributed by atoms with Crippen LogP contribution in [-0.4, -0.2) is 24.8 Å². The molecule has 4 heteroatoms. The molecule has 0 heterocycles. The zero-order valence-electron chi connectivity index (χ0n) is 11.6. The standard InChI is InChI=1S/C17H15NO3/c1-21-13-8-6-11(7-9-13)17(20)18-15-10-12-4-2-3-5-14(12)16(15)19/h2-9,15H,10H2,1H3,(H,18,20). The molecule has 0 saturated carbocycles. The molecular formula is C17H15NO3. The summed E-state index contributed by atoms with van der Waals surface area (Å²) in [6, 6.07) is 13.8. The van der Waals surface area contributed by atoms with Crippen LogP contribution >= 0.6 is 0 Å². The lowest BCUT2D eigenvalue weighted by molar-refractivity contribution is 0.0868. The minimum Gasteiger partial charge on any atom is -0.497 e. The van der Waals surface area contributed by atoms with E-state index in [0.29, 0.717) is 23.3 Å². The van der Waals surface area contributed by atoms with Gasteiger partial charge in [0.25, 0.3) is 5.91 Å². The van der Waals surface area contributed by atoms with Crippen LogP contribution < -0.4 is 10.1 Å². The minimum atomic E-state index is -0.475. The Balaban J connectivity index is 1.73. The van der Waals surface area contributed by atoms with E-state index < -0.39 is 6.04 Å². The molecule has 1 atom stereocenters. The van der Waals surface area contributed by atoms with Crippen LogP contribution in [0.4, 0.5) is 0 Å². The maximum atomic E-state index is 12.2. The number of Topliss-reactive ketones (excluding diaryl/α,β-unsaturated/α-hetero) is 1. The van der Waals surface area contributed by atoms with Crippen LogP contribution in [0, 0.1) is 0 Å². The van der Waals surface area contributed by atoms with Gasteiger partial charge in [0.05, 0.1) is 13.2 Å². The van der Waals surface area contributed by atoms with Crippen molar-refractivity contribution in [2.45, 2.75) is 12.5 Å². The quantitative estimate of drug-likeness (QED) is 0.938. The van der Waals surface area contributed by atoms with E-state index in [4.69, 9.17) is 4.74 Å². The summed E-state index contributed by atoms with van der Waals surface area (Å²) in [7, 11) is 1.57. The average Bonchev–Trinajstić information content (AvgIpc) is 2.84. The van der Waals surface area contributed by atoms with Gasteiger partial charge < -0.3 is 10.1 Å². The van der Waals surface area contributed by atoms with E-state index in [2.05, 4.69) is 5.32 Å². The fourth-order valence-corrected chi connectivity index (χ4v) is 2.54. The van der Waals surface area contributed by atoms with Gasteiger partial charge in [-0.2, -0.15) is 0 Å². The number of carbonyl (C=O) groups excluding carboxylic acids is 2. The van der Waals surface area contributed by atoms with Crippen LogP contribution in [0.25, 0.3) is 0 Å². The first-order valence-corrected chi connectivity index (χ1v) is 6.76. The second kappa shape index (κ2) is 5.40. The number of amides is 1. The highest BCUT2D eigenvalue weighted by Crippen LogP contribution is 2.22. The second-order valence-electron chi connectivity index (χ2n) is 4.98. The zero-order chi connectivity index (χ0) is 14.8. The first-order valence-electron chi connectivity index (χ1n) is 6.76. The van der Waals surface area contributed by atoms with Crippen LogP contribution in [0.1, 0.15) is 26.3 Å². The van der Waals surface area contributed by atoms with Crippen molar-refractivity contribution in [3.8, 4) is 5.75 Å². The van der Waals surface area contributed by atoms with Crippen LogP contribution in [0.15, 0.2) is 48.5 Å². The van der Waals surface area contributed by atoms with E-state index >= 15 is 0 Å². The van der Waals surface area contributed by atoms with Crippen molar-refractivity contribution in [1.29, 1.82) is 0 Å². The Kier molecular flexibility index (Phi) is 3.44. The van der Waals surface area contributed by atoms with Crippen molar-refractivity contribution in [3.63, 3.8) is 0 Å². The van der Waals surface area contributed by atoms with Crippen LogP contribution in [0.2, 0.25) is 0 Å². The molecule has 1 aliphatic rings. The molecule has 21 heavy (non-hydrogen) atoms. The van der Waals surface area contributed by atoms with Gasteiger partial charge in [-0.1, -0.05) is 24.3 Å². The maximum absolute atomic E-state index is 12.2. The topological polar surface area (TPSA) is 55.4 Å². The molecular weight excluding hydrogens is 266 g/mol.